The molecule has 0 radical (unpaired) electrons. The first-order chi connectivity index (χ1) is 11.7. The van der Waals surface area contributed by atoms with Gasteiger partial charge < -0.3 is 14.4 Å². The van der Waals surface area contributed by atoms with Crippen LogP contribution in [0, 0.1) is 0 Å². The maximum Gasteiger partial charge on any atom is 0.326 e. The van der Waals surface area contributed by atoms with E-state index in [1.807, 2.05) is 36.1 Å². The Morgan fingerprint density at radius 2 is 2.17 bits per heavy atom. The first-order valence-corrected chi connectivity index (χ1v) is 8.36. The number of carbonyl (C=O) groups is 1. The first-order valence-electron chi connectivity index (χ1n) is 8.36. The van der Waals surface area contributed by atoms with Crippen LogP contribution in [0.3, 0.4) is 0 Å². The molecule has 0 unspecified atom stereocenters. The highest BCUT2D eigenvalue weighted by Crippen LogP contribution is 2.35. The number of hydrogen-bond acceptors (Lipinski definition) is 5. The number of carboxylic acids is 1. The Bertz CT molecular complexity index is 918. The molecule has 6 nitrogen and oxygen atoms in total. The summed E-state index contributed by atoms with van der Waals surface area (Å²) in [4.78, 5) is 22.8. The van der Waals surface area contributed by atoms with E-state index in [0.29, 0.717) is 36.6 Å². The smallest absolute Gasteiger partial charge is 0.326 e. The summed E-state index contributed by atoms with van der Waals surface area (Å²) < 4.78 is 6.00. The lowest BCUT2D eigenvalue weighted by Crippen LogP contribution is -2.45. The van der Waals surface area contributed by atoms with E-state index in [2.05, 4.69) is 9.97 Å². The molecule has 1 N–H and O–H groups in total. The van der Waals surface area contributed by atoms with E-state index in [9.17, 15) is 9.90 Å². The summed E-state index contributed by atoms with van der Waals surface area (Å²) in [6.45, 7) is 2.67. The van der Waals surface area contributed by atoms with E-state index in [-0.39, 0.29) is 0 Å². The van der Waals surface area contributed by atoms with Crippen molar-refractivity contribution in [2.75, 3.05) is 11.4 Å². The minimum absolute atomic E-state index is 0.560. The molecule has 3 aromatic rings. The Labute approximate surface area is 139 Å². The van der Waals surface area contributed by atoms with Crippen LogP contribution in [0.2, 0.25) is 0 Å². The Balaban J connectivity index is 1.97. The number of anilines is 1. The van der Waals surface area contributed by atoms with Gasteiger partial charge in [-0.3, -0.25) is 0 Å². The van der Waals surface area contributed by atoms with Gasteiger partial charge in [0.1, 0.15) is 23.0 Å². The molecule has 24 heavy (non-hydrogen) atoms. The van der Waals surface area contributed by atoms with Crippen molar-refractivity contribution in [3.63, 3.8) is 0 Å². The lowest BCUT2D eigenvalue weighted by atomic mass is 10.0. The van der Waals surface area contributed by atoms with Gasteiger partial charge in [-0.15, -0.1) is 0 Å². The molecule has 1 aromatic carbocycles. The molecule has 0 amide bonds. The van der Waals surface area contributed by atoms with Gasteiger partial charge in [0.2, 0.25) is 0 Å². The first kappa shape index (κ1) is 14.9. The zero-order valence-corrected chi connectivity index (χ0v) is 13.5. The molecule has 1 atom stereocenters. The van der Waals surface area contributed by atoms with Crippen LogP contribution in [0.15, 0.2) is 28.7 Å². The number of fused-ring (bicyclic) bond motifs is 3. The average molecular weight is 325 g/mol. The standard InChI is InChI=1S/C18H19N3O3/c1-2-14-19-15-11-7-3-4-9-13(11)24-16(15)17(20-14)21-10-6-5-8-12(21)18(22)23/h3-4,7,9,12H,2,5-6,8,10H2,1H3,(H,22,23)/t12-/m1/s1. The number of furan rings is 1. The third kappa shape index (κ3) is 2.29. The Kier molecular flexibility index (Phi) is 3.59. The number of benzene rings is 1. The maximum absolute atomic E-state index is 11.7. The molecule has 124 valence electrons. The van der Waals surface area contributed by atoms with Crippen molar-refractivity contribution in [2.45, 2.75) is 38.6 Å². The summed E-state index contributed by atoms with van der Waals surface area (Å²) >= 11 is 0. The molecule has 2 aromatic heterocycles. The van der Waals surface area contributed by atoms with Gasteiger partial charge in [0, 0.05) is 18.4 Å². The van der Waals surface area contributed by atoms with Gasteiger partial charge in [0.15, 0.2) is 11.4 Å². The largest absolute Gasteiger partial charge is 0.480 e. The number of aliphatic carboxylic acids is 1. The van der Waals surface area contributed by atoms with Crippen LogP contribution in [-0.2, 0) is 11.2 Å². The van der Waals surface area contributed by atoms with Crippen molar-refractivity contribution in [3.8, 4) is 0 Å². The molecule has 0 spiro atoms. The van der Waals surface area contributed by atoms with Gasteiger partial charge in [-0.2, -0.15) is 0 Å². The van der Waals surface area contributed by atoms with Gasteiger partial charge in [-0.05, 0) is 31.4 Å². The number of carboxylic acid groups (broad SMARTS) is 1. The highest BCUT2D eigenvalue weighted by Gasteiger charge is 2.32. The number of rotatable bonds is 3. The molecule has 6 heteroatoms. The van der Waals surface area contributed by atoms with Crippen molar-refractivity contribution >= 4 is 33.9 Å². The number of para-hydroxylation sites is 1. The minimum atomic E-state index is -0.810. The van der Waals surface area contributed by atoms with Crippen molar-refractivity contribution < 1.29 is 14.3 Å². The normalized spacial score (nSPS) is 18.4. The van der Waals surface area contributed by atoms with E-state index in [1.54, 1.807) is 0 Å². The maximum atomic E-state index is 11.7. The molecule has 3 heterocycles. The number of aryl methyl sites for hydroxylation is 1. The summed E-state index contributed by atoms with van der Waals surface area (Å²) in [5.74, 6) is 0.509. The van der Waals surface area contributed by atoms with Crippen LogP contribution < -0.4 is 4.90 Å². The molecular weight excluding hydrogens is 306 g/mol. The van der Waals surface area contributed by atoms with Crippen LogP contribution in [0.25, 0.3) is 22.1 Å². The summed E-state index contributed by atoms with van der Waals surface area (Å²) in [6.07, 6.45) is 3.19. The van der Waals surface area contributed by atoms with Crippen molar-refractivity contribution in [1.29, 1.82) is 0 Å². The molecule has 0 aliphatic carbocycles. The van der Waals surface area contributed by atoms with Gasteiger partial charge in [-0.1, -0.05) is 19.1 Å². The highest BCUT2D eigenvalue weighted by atomic mass is 16.4. The fourth-order valence-corrected chi connectivity index (χ4v) is 3.42. The van der Waals surface area contributed by atoms with E-state index in [0.717, 1.165) is 29.3 Å². The summed E-state index contributed by atoms with van der Waals surface area (Å²) in [5, 5.41) is 10.5. The molecule has 0 bridgehead atoms. The van der Waals surface area contributed by atoms with Gasteiger partial charge >= 0.3 is 5.97 Å². The average Bonchev–Trinajstić information content (AvgIpc) is 2.99. The van der Waals surface area contributed by atoms with Crippen molar-refractivity contribution in [3.05, 3.63) is 30.1 Å². The second kappa shape index (κ2) is 5.78. The minimum Gasteiger partial charge on any atom is -0.480 e. The number of hydrogen-bond donors (Lipinski definition) is 1. The molecule has 1 saturated heterocycles. The fourth-order valence-electron chi connectivity index (χ4n) is 3.42. The van der Waals surface area contributed by atoms with Gasteiger partial charge in [0.25, 0.3) is 0 Å². The van der Waals surface area contributed by atoms with E-state index in [1.165, 1.54) is 0 Å². The van der Waals surface area contributed by atoms with Crippen LogP contribution in [0.4, 0.5) is 5.82 Å². The SMILES string of the molecule is CCc1nc(N2CCCC[C@@H]2C(=O)O)c2oc3ccccc3c2n1. The zero-order chi connectivity index (χ0) is 16.7. The van der Waals surface area contributed by atoms with E-state index < -0.39 is 12.0 Å². The predicted octanol–water partition coefficient (Wildman–Crippen LogP) is 3.38. The zero-order valence-electron chi connectivity index (χ0n) is 13.5. The van der Waals surface area contributed by atoms with E-state index in [4.69, 9.17) is 4.42 Å². The Morgan fingerprint density at radius 1 is 1.33 bits per heavy atom. The topological polar surface area (TPSA) is 79.5 Å². The van der Waals surface area contributed by atoms with E-state index >= 15 is 0 Å². The van der Waals surface area contributed by atoms with Gasteiger partial charge in [0.05, 0.1) is 0 Å². The molecule has 1 aliphatic rings. The molecular formula is C18H19N3O3. The second-order valence-electron chi connectivity index (χ2n) is 6.14. The monoisotopic (exact) mass is 325 g/mol. The number of nitrogens with zero attached hydrogens (tertiary/aromatic N) is 3. The van der Waals surface area contributed by atoms with Gasteiger partial charge in [-0.25, -0.2) is 14.8 Å². The second-order valence-corrected chi connectivity index (χ2v) is 6.14. The fraction of sp³-hybridized carbons (Fsp3) is 0.389. The summed E-state index contributed by atoms with van der Waals surface area (Å²) in [5.41, 5.74) is 2.10. The lowest BCUT2D eigenvalue weighted by Gasteiger charge is -2.33. The quantitative estimate of drug-likeness (QED) is 0.795. The third-order valence-corrected chi connectivity index (χ3v) is 4.62. The summed E-state index contributed by atoms with van der Waals surface area (Å²) in [7, 11) is 0. The molecule has 4 rings (SSSR count). The molecule has 1 aliphatic heterocycles. The molecule has 1 fully saturated rings. The third-order valence-electron chi connectivity index (χ3n) is 4.62. The molecule has 0 saturated carbocycles. The number of piperidine rings is 1. The van der Waals surface area contributed by atoms with Crippen molar-refractivity contribution in [1.82, 2.24) is 9.97 Å². The summed E-state index contributed by atoms with van der Waals surface area (Å²) in [6, 6.07) is 7.18. The predicted molar refractivity (Wildman–Crippen MR) is 91.3 cm³/mol. The van der Waals surface area contributed by atoms with Crippen LogP contribution in [0.1, 0.15) is 32.0 Å². The Hall–Kier alpha value is -2.63. The highest BCUT2D eigenvalue weighted by molar-refractivity contribution is 6.06. The van der Waals surface area contributed by atoms with Crippen LogP contribution in [-0.4, -0.2) is 33.6 Å². The van der Waals surface area contributed by atoms with Crippen LogP contribution >= 0.6 is 0 Å². The Morgan fingerprint density at radius 3 is 2.96 bits per heavy atom. The number of aromatic nitrogens is 2. The van der Waals surface area contributed by atoms with Crippen molar-refractivity contribution in [2.24, 2.45) is 0 Å². The van der Waals surface area contributed by atoms with Crippen LogP contribution in [0.5, 0.6) is 0 Å². The lowest BCUT2D eigenvalue weighted by molar-refractivity contribution is -0.139.